The van der Waals surface area contributed by atoms with Crippen molar-refractivity contribution >= 4 is 6.09 Å². The normalized spacial score (nSPS) is 25.0. The fourth-order valence-electron chi connectivity index (χ4n) is 3.04. The number of aliphatic hydroxyl groups is 1. The molecule has 0 saturated carbocycles. The van der Waals surface area contributed by atoms with E-state index in [-0.39, 0.29) is 0 Å². The van der Waals surface area contributed by atoms with E-state index in [0.29, 0.717) is 25.2 Å². The van der Waals surface area contributed by atoms with Crippen LogP contribution in [0.15, 0.2) is 18.7 Å². The van der Waals surface area contributed by atoms with Crippen molar-refractivity contribution < 1.29 is 14.6 Å². The molecule has 0 aromatic carbocycles. The second-order valence-electron chi connectivity index (χ2n) is 7.40. The SMILES string of the molecule is CC(C)(C)OC(=O)N1CCC(O)CC1(C)n1cnc2nncc-2c1. The van der Waals surface area contributed by atoms with Gasteiger partial charge in [0.25, 0.3) is 0 Å². The first-order valence-electron chi connectivity index (χ1n) is 8.04. The number of carbonyl (C=O) groups excluding carboxylic acids is 1. The Morgan fingerprint density at radius 3 is 2.92 bits per heavy atom. The van der Waals surface area contributed by atoms with Crippen molar-refractivity contribution in [3.05, 3.63) is 18.7 Å². The number of hydrogen-bond acceptors (Lipinski definition) is 6. The molecule has 130 valence electrons. The van der Waals surface area contributed by atoms with Crippen LogP contribution in [0, 0.1) is 0 Å². The van der Waals surface area contributed by atoms with E-state index in [2.05, 4.69) is 15.2 Å². The molecule has 3 aliphatic rings. The first-order chi connectivity index (χ1) is 11.2. The lowest BCUT2D eigenvalue weighted by Crippen LogP contribution is -2.58. The highest BCUT2D eigenvalue weighted by Crippen LogP contribution is 2.35. The molecule has 0 aromatic heterocycles. The average Bonchev–Trinajstić information content (AvgIpc) is 2.92. The van der Waals surface area contributed by atoms with Crippen LogP contribution in [0.5, 0.6) is 0 Å². The third-order valence-corrected chi connectivity index (χ3v) is 4.25. The average molecular weight is 333 g/mol. The number of aromatic nitrogens is 4. The molecule has 1 fully saturated rings. The third kappa shape index (κ3) is 3.06. The molecule has 3 heterocycles. The summed E-state index contributed by atoms with van der Waals surface area (Å²) >= 11 is 0. The molecular formula is C16H23N5O3. The van der Waals surface area contributed by atoms with Crippen LogP contribution in [0.4, 0.5) is 4.79 Å². The van der Waals surface area contributed by atoms with Gasteiger partial charge in [-0.25, -0.2) is 9.78 Å². The quantitative estimate of drug-likeness (QED) is 0.856. The smallest absolute Gasteiger partial charge is 0.412 e. The summed E-state index contributed by atoms with van der Waals surface area (Å²) in [5.74, 6) is 0.551. The van der Waals surface area contributed by atoms with Gasteiger partial charge >= 0.3 is 6.09 Å². The molecule has 0 aromatic rings. The van der Waals surface area contributed by atoms with Gasteiger partial charge in [0.1, 0.15) is 11.3 Å². The number of ether oxygens (including phenoxy) is 1. The number of nitrogens with zero attached hydrogens (tertiary/aromatic N) is 5. The molecule has 8 heteroatoms. The van der Waals surface area contributed by atoms with Gasteiger partial charge in [-0.2, -0.15) is 5.10 Å². The molecule has 2 unspecified atom stereocenters. The molecule has 2 atom stereocenters. The zero-order valence-electron chi connectivity index (χ0n) is 14.4. The van der Waals surface area contributed by atoms with Crippen LogP contribution in [0.1, 0.15) is 40.5 Å². The van der Waals surface area contributed by atoms with Crippen molar-refractivity contribution in [2.24, 2.45) is 0 Å². The maximum Gasteiger partial charge on any atom is 0.412 e. The molecular weight excluding hydrogens is 310 g/mol. The standard InChI is InChI=1S/C16H23N5O3/c1-15(2,3)24-14(23)21-6-5-12(22)7-16(21,4)20-9-11-8-18-19-13(11)17-10-20/h8-10,12,22H,5-7H2,1-4H3. The zero-order valence-corrected chi connectivity index (χ0v) is 14.4. The predicted molar refractivity (Wildman–Crippen MR) is 86.3 cm³/mol. The summed E-state index contributed by atoms with van der Waals surface area (Å²) in [6.07, 6.45) is 5.11. The molecule has 0 spiro atoms. The Balaban J connectivity index is 1.98. The van der Waals surface area contributed by atoms with Gasteiger partial charge in [-0.1, -0.05) is 0 Å². The Labute approximate surface area is 140 Å². The molecule has 3 aliphatic heterocycles. The molecule has 8 nitrogen and oxygen atoms in total. The van der Waals surface area contributed by atoms with Gasteiger partial charge in [0.05, 0.1) is 24.2 Å². The van der Waals surface area contributed by atoms with Crippen LogP contribution < -0.4 is 0 Å². The third-order valence-electron chi connectivity index (χ3n) is 4.25. The number of likely N-dealkylation sites (tertiary alicyclic amines) is 1. The number of rotatable bonds is 1. The van der Waals surface area contributed by atoms with Crippen LogP contribution in [-0.4, -0.2) is 54.1 Å². The zero-order chi connectivity index (χ0) is 17.5. The van der Waals surface area contributed by atoms with E-state index in [1.54, 1.807) is 17.4 Å². The number of piperidine rings is 1. The summed E-state index contributed by atoms with van der Waals surface area (Å²) in [5, 5.41) is 17.9. The van der Waals surface area contributed by atoms with Crippen LogP contribution in [0.3, 0.4) is 0 Å². The van der Waals surface area contributed by atoms with Crippen molar-refractivity contribution in [3.63, 3.8) is 0 Å². The number of aliphatic hydroxyl groups excluding tert-OH is 1. The fraction of sp³-hybridized carbons (Fsp3) is 0.625. The van der Waals surface area contributed by atoms with E-state index in [4.69, 9.17) is 4.74 Å². The van der Waals surface area contributed by atoms with E-state index >= 15 is 0 Å². The lowest BCUT2D eigenvalue weighted by molar-refractivity contribution is -0.0680. The number of hydrogen-bond donors (Lipinski definition) is 1. The van der Waals surface area contributed by atoms with E-state index in [1.807, 2.05) is 38.5 Å². The summed E-state index contributed by atoms with van der Waals surface area (Å²) in [4.78, 5) is 18.6. The Morgan fingerprint density at radius 1 is 1.46 bits per heavy atom. The Hall–Kier alpha value is -2.22. The minimum absolute atomic E-state index is 0.395. The minimum atomic E-state index is -0.779. The van der Waals surface area contributed by atoms with Gasteiger partial charge in [0.15, 0.2) is 5.82 Å². The number of fused-ring (bicyclic) bond motifs is 1. The van der Waals surface area contributed by atoms with E-state index < -0.39 is 23.5 Å². The highest BCUT2D eigenvalue weighted by molar-refractivity contribution is 5.69. The van der Waals surface area contributed by atoms with Gasteiger partial charge < -0.3 is 14.4 Å². The van der Waals surface area contributed by atoms with Crippen LogP contribution >= 0.6 is 0 Å². The molecule has 3 rings (SSSR count). The van der Waals surface area contributed by atoms with E-state index in [9.17, 15) is 9.90 Å². The highest BCUT2D eigenvalue weighted by atomic mass is 16.6. The summed E-state index contributed by atoms with van der Waals surface area (Å²) in [7, 11) is 0. The van der Waals surface area contributed by atoms with Crippen molar-refractivity contribution in [1.29, 1.82) is 0 Å². The molecule has 24 heavy (non-hydrogen) atoms. The fourth-order valence-corrected chi connectivity index (χ4v) is 3.04. The molecule has 1 amide bonds. The maximum atomic E-state index is 12.7. The van der Waals surface area contributed by atoms with Gasteiger partial charge in [-0.05, 0) is 34.1 Å². The van der Waals surface area contributed by atoms with Crippen molar-refractivity contribution in [2.45, 2.75) is 57.9 Å². The summed E-state index contributed by atoms with van der Waals surface area (Å²) in [6, 6.07) is 0. The first-order valence-corrected chi connectivity index (χ1v) is 8.04. The summed E-state index contributed by atoms with van der Waals surface area (Å²) in [5.41, 5.74) is -0.582. The van der Waals surface area contributed by atoms with Gasteiger partial charge in [-0.15, -0.1) is 5.10 Å². The van der Waals surface area contributed by atoms with Gasteiger partial charge in [0, 0.05) is 19.2 Å². The highest BCUT2D eigenvalue weighted by Gasteiger charge is 2.44. The lowest BCUT2D eigenvalue weighted by atomic mass is 9.94. The largest absolute Gasteiger partial charge is 0.444 e. The summed E-state index contributed by atoms with van der Waals surface area (Å²) in [6.45, 7) is 7.82. The topological polar surface area (TPSA) is 93.4 Å². The summed E-state index contributed by atoms with van der Waals surface area (Å²) < 4.78 is 7.37. The molecule has 0 bridgehead atoms. The van der Waals surface area contributed by atoms with Crippen LogP contribution in [0.2, 0.25) is 0 Å². The van der Waals surface area contributed by atoms with E-state index in [1.165, 1.54) is 0 Å². The second-order valence-corrected chi connectivity index (χ2v) is 7.40. The van der Waals surface area contributed by atoms with Gasteiger partial charge in [-0.3, -0.25) is 4.90 Å². The number of amides is 1. The Kier molecular flexibility index (Phi) is 3.95. The van der Waals surface area contributed by atoms with E-state index in [0.717, 1.165) is 5.56 Å². The molecule has 0 radical (unpaired) electrons. The Bertz CT molecular complexity index is 710. The van der Waals surface area contributed by atoms with Crippen molar-refractivity contribution in [2.75, 3.05) is 6.54 Å². The van der Waals surface area contributed by atoms with Crippen LogP contribution in [0.25, 0.3) is 11.4 Å². The lowest BCUT2D eigenvalue weighted by Gasteiger charge is -2.47. The first kappa shape index (κ1) is 16.6. The van der Waals surface area contributed by atoms with Crippen molar-refractivity contribution in [1.82, 2.24) is 24.6 Å². The van der Waals surface area contributed by atoms with Crippen LogP contribution in [-0.2, 0) is 10.4 Å². The maximum absolute atomic E-state index is 12.7. The van der Waals surface area contributed by atoms with Crippen molar-refractivity contribution in [3.8, 4) is 11.4 Å². The molecule has 1 N–H and O–H groups in total. The predicted octanol–water partition coefficient (Wildman–Crippen LogP) is 1.84. The molecule has 1 saturated heterocycles. The molecule has 0 aliphatic carbocycles. The van der Waals surface area contributed by atoms with Gasteiger partial charge in [0.2, 0.25) is 0 Å². The second kappa shape index (κ2) is 5.70. The number of carbonyl (C=O) groups is 1. The monoisotopic (exact) mass is 333 g/mol. The minimum Gasteiger partial charge on any atom is -0.444 e. The Morgan fingerprint density at radius 2 is 2.21 bits per heavy atom.